The van der Waals surface area contributed by atoms with Crippen molar-refractivity contribution in [1.82, 2.24) is 4.90 Å². The van der Waals surface area contributed by atoms with E-state index in [1.54, 1.807) is 40.9 Å². The summed E-state index contributed by atoms with van der Waals surface area (Å²) in [5.41, 5.74) is 0.739. The van der Waals surface area contributed by atoms with Gasteiger partial charge in [-0.1, -0.05) is 30.0 Å². The molecule has 1 saturated heterocycles. The predicted molar refractivity (Wildman–Crippen MR) is 97.5 cm³/mol. The van der Waals surface area contributed by atoms with Crippen LogP contribution in [0.15, 0.2) is 23.1 Å². The lowest BCUT2D eigenvalue weighted by Gasteiger charge is -2.13. The molecule has 1 aliphatic rings. The molecule has 1 heterocycles. The summed E-state index contributed by atoms with van der Waals surface area (Å²) in [6, 6.07) is 5.03. The number of phenolic OH excluding ortho intramolecular Hbond substituents is 1. The van der Waals surface area contributed by atoms with Gasteiger partial charge in [0.2, 0.25) is 0 Å². The van der Waals surface area contributed by atoms with Gasteiger partial charge in [0.1, 0.15) is 4.32 Å². The Morgan fingerprint density at radius 3 is 2.91 bits per heavy atom. The number of amides is 1. The van der Waals surface area contributed by atoms with Crippen LogP contribution in [-0.4, -0.2) is 45.9 Å². The normalized spacial score (nSPS) is 16.6. The molecule has 0 aromatic heterocycles. The maximum Gasteiger partial charge on any atom is 0.266 e. The highest BCUT2D eigenvalue weighted by molar-refractivity contribution is 8.26. The molecule has 1 amide bonds. The smallest absolute Gasteiger partial charge is 0.266 e. The second-order valence-corrected chi connectivity index (χ2v) is 7.27. The molecule has 1 aromatic rings. The van der Waals surface area contributed by atoms with Gasteiger partial charge < -0.3 is 9.84 Å². The molecule has 0 spiro atoms. The number of rotatable bonds is 6. The highest BCUT2D eigenvalue weighted by atomic mass is 32.2. The van der Waals surface area contributed by atoms with Crippen LogP contribution in [-0.2, 0) is 4.79 Å². The standard InChI is InChI=1S/C15H17NO3S3/c1-19-12-5-4-10(8-11(12)17)9-13-14(18)16(15(20)22-13)6-3-7-21-2/h4-5,8-9,17H,3,6-7H2,1-2H3/b13-9+. The number of ether oxygens (including phenoxy) is 1. The van der Waals surface area contributed by atoms with Gasteiger partial charge in [0.05, 0.1) is 12.0 Å². The highest BCUT2D eigenvalue weighted by Crippen LogP contribution is 2.34. The van der Waals surface area contributed by atoms with Crippen molar-refractivity contribution in [2.45, 2.75) is 6.42 Å². The SMILES string of the molecule is COc1ccc(/C=C2/SC(=S)N(CCCSC)C2=O)cc1O. The van der Waals surface area contributed by atoms with E-state index in [2.05, 4.69) is 0 Å². The topological polar surface area (TPSA) is 49.8 Å². The van der Waals surface area contributed by atoms with Gasteiger partial charge in [0, 0.05) is 6.54 Å². The Bertz CT molecular complexity index is 616. The minimum Gasteiger partial charge on any atom is -0.504 e. The number of benzene rings is 1. The molecule has 0 bridgehead atoms. The second-order valence-electron chi connectivity index (χ2n) is 4.61. The fourth-order valence-electron chi connectivity index (χ4n) is 2.01. The summed E-state index contributed by atoms with van der Waals surface area (Å²) in [6.07, 6.45) is 4.71. The number of phenols is 1. The number of nitrogens with zero attached hydrogens (tertiary/aromatic N) is 1. The van der Waals surface area contributed by atoms with Crippen LogP contribution in [0.2, 0.25) is 0 Å². The lowest BCUT2D eigenvalue weighted by molar-refractivity contribution is -0.122. The lowest BCUT2D eigenvalue weighted by atomic mass is 10.2. The van der Waals surface area contributed by atoms with Crippen molar-refractivity contribution in [2.24, 2.45) is 0 Å². The molecule has 0 atom stereocenters. The maximum absolute atomic E-state index is 12.4. The minimum absolute atomic E-state index is 0.0479. The molecule has 2 rings (SSSR count). The van der Waals surface area contributed by atoms with Crippen molar-refractivity contribution in [3.63, 3.8) is 0 Å². The number of aromatic hydroxyl groups is 1. The van der Waals surface area contributed by atoms with E-state index in [4.69, 9.17) is 17.0 Å². The van der Waals surface area contributed by atoms with E-state index < -0.39 is 0 Å². The fraction of sp³-hybridized carbons (Fsp3) is 0.333. The molecular weight excluding hydrogens is 338 g/mol. The van der Waals surface area contributed by atoms with Crippen LogP contribution in [0.4, 0.5) is 0 Å². The van der Waals surface area contributed by atoms with Crippen molar-refractivity contribution in [2.75, 3.05) is 25.7 Å². The Morgan fingerprint density at radius 1 is 1.50 bits per heavy atom. The van der Waals surface area contributed by atoms with Crippen molar-refractivity contribution in [1.29, 1.82) is 0 Å². The van der Waals surface area contributed by atoms with E-state index in [9.17, 15) is 9.90 Å². The molecule has 1 fully saturated rings. The first kappa shape index (κ1) is 17.2. The molecule has 1 N–H and O–H groups in total. The summed E-state index contributed by atoms with van der Waals surface area (Å²) in [5, 5.41) is 9.79. The van der Waals surface area contributed by atoms with E-state index in [1.807, 2.05) is 6.26 Å². The van der Waals surface area contributed by atoms with Crippen molar-refractivity contribution < 1.29 is 14.6 Å². The number of methoxy groups -OCH3 is 1. The summed E-state index contributed by atoms with van der Waals surface area (Å²) in [7, 11) is 1.49. The van der Waals surface area contributed by atoms with Crippen LogP contribution >= 0.6 is 35.7 Å². The maximum atomic E-state index is 12.4. The third-order valence-corrected chi connectivity index (χ3v) is 5.18. The van der Waals surface area contributed by atoms with Gasteiger partial charge >= 0.3 is 0 Å². The van der Waals surface area contributed by atoms with Gasteiger partial charge in [-0.3, -0.25) is 9.69 Å². The summed E-state index contributed by atoms with van der Waals surface area (Å²) < 4.78 is 5.60. The zero-order chi connectivity index (χ0) is 16.1. The quantitative estimate of drug-likeness (QED) is 0.480. The largest absolute Gasteiger partial charge is 0.504 e. The van der Waals surface area contributed by atoms with Crippen LogP contribution in [0.25, 0.3) is 6.08 Å². The van der Waals surface area contributed by atoms with Crippen molar-refractivity contribution in [3.8, 4) is 11.5 Å². The Hall–Kier alpha value is -1.18. The zero-order valence-electron chi connectivity index (χ0n) is 12.4. The van der Waals surface area contributed by atoms with E-state index >= 15 is 0 Å². The summed E-state index contributed by atoms with van der Waals surface area (Å²) in [5.74, 6) is 1.39. The van der Waals surface area contributed by atoms with Crippen LogP contribution < -0.4 is 4.74 Å². The van der Waals surface area contributed by atoms with Crippen LogP contribution in [0.3, 0.4) is 0 Å². The average Bonchev–Trinajstić information content (AvgIpc) is 2.75. The molecular formula is C15H17NO3S3. The number of thioether (sulfide) groups is 2. The molecule has 1 aliphatic heterocycles. The number of thiocarbonyl (C=S) groups is 1. The summed E-state index contributed by atoms with van der Waals surface area (Å²) in [4.78, 5) is 14.6. The molecule has 118 valence electrons. The van der Waals surface area contributed by atoms with Crippen LogP contribution in [0.1, 0.15) is 12.0 Å². The third kappa shape index (κ3) is 3.97. The monoisotopic (exact) mass is 355 g/mol. The number of carbonyl (C=O) groups excluding carboxylic acids is 1. The Kier molecular flexibility index (Phi) is 6.16. The lowest BCUT2D eigenvalue weighted by Crippen LogP contribution is -2.29. The molecule has 7 heteroatoms. The molecule has 0 unspecified atom stereocenters. The van der Waals surface area contributed by atoms with Gasteiger partial charge in [-0.15, -0.1) is 0 Å². The Morgan fingerprint density at radius 2 is 2.27 bits per heavy atom. The van der Waals surface area contributed by atoms with Gasteiger partial charge in [0.25, 0.3) is 5.91 Å². The number of hydrogen-bond donors (Lipinski definition) is 1. The van der Waals surface area contributed by atoms with Gasteiger partial charge in [-0.2, -0.15) is 11.8 Å². The average molecular weight is 356 g/mol. The molecule has 4 nitrogen and oxygen atoms in total. The first-order valence-electron chi connectivity index (χ1n) is 6.68. The van der Waals surface area contributed by atoms with Crippen LogP contribution in [0, 0.1) is 0 Å². The van der Waals surface area contributed by atoms with Crippen molar-refractivity contribution >= 4 is 52.0 Å². The van der Waals surface area contributed by atoms with E-state index in [0.717, 1.165) is 17.7 Å². The van der Waals surface area contributed by atoms with Gasteiger partial charge in [-0.25, -0.2) is 0 Å². The Labute approximate surface area is 143 Å². The third-order valence-electron chi connectivity index (χ3n) is 3.10. The first-order valence-corrected chi connectivity index (χ1v) is 9.30. The molecule has 22 heavy (non-hydrogen) atoms. The molecule has 0 saturated carbocycles. The zero-order valence-corrected chi connectivity index (χ0v) is 14.8. The Balaban J connectivity index is 2.14. The second kappa shape index (κ2) is 7.89. The highest BCUT2D eigenvalue weighted by Gasteiger charge is 2.31. The summed E-state index contributed by atoms with van der Waals surface area (Å²) in [6.45, 7) is 0.650. The summed E-state index contributed by atoms with van der Waals surface area (Å²) >= 11 is 8.33. The first-order chi connectivity index (χ1) is 10.6. The number of carbonyl (C=O) groups is 1. The number of hydrogen-bond acceptors (Lipinski definition) is 6. The van der Waals surface area contributed by atoms with Gasteiger partial charge in [-0.05, 0) is 42.2 Å². The van der Waals surface area contributed by atoms with E-state index in [1.165, 1.54) is 18.9 Å². The van der Waals surface area contributed by atoms with E-state index in [-0.39, 0.29) is 11.7 Å². The fourth-order valence-corrected chi connectivity index (χ4v) is 3.73. The molecule has 1 aromatic carbocycles. The van der Waals surface area contributed by atoms with Gasteiger partial charge in [0.15, 0.2) is 11.5 Å². The minimum atomic E-state index is -0.0635. The molecule has 0 aliphatic carbocycles. The van der Waals surface area contributed by atoms with E-state index in [0.29, 0.717) is 21.5 Å². The van der Waals surface area contributed by atoms with Crippen molar-refractivity contribution in [3.05, 3.63) is 28.7 Å². The molecule has 0 radical (unpaired) electrons. The van der Waals surface area contributed by atoms with Crippen LogP contribution in [0.5, 0.6) is 11.5 Å². The predicted octanol–water partition coefficient (Wildman–Crippen LogP) is 3.36.